The number of benzene rings is 2. The van der Waals surface area contributed by atoms with Crippen LogP contribution in [0.2, 0.25) is 0 Å². The van der Waals surface area contributed by atoms with Crippen LogP contribution >= 0.6 is 0 Å². The third kappa shape index (κ3) is 2.53. The van der Waals surface area contributed by atoms with Crippen LogP contribution in [-0.4, -0.2) is 5.91 Å². The standard InChI is InChI=1S/C16H10FNO3/c17-12-7-3-4-8-13(12)18-15(19)14-9-10-5-1-2-6-11(10)16(20)21-14/h1-9H,(H,18,19). The van der Waals surface area contributed by atoms with Gasteiger partial charge in [-0.25, -0.2) is 9.18 Å². The van der Waals surface area contributed by atoms with Gasteiger partial charge in [-0.3, -0.25) is 4.79 Å². The van der Waals surface area contributed by atoms with Crippen LogP contribution in [0.25, 0.3) is 10.8 Å². The molecular weight excluding hydrogens is 273 g/mol. The smallest absolute Gasteiger partial charge is 0.344 e. The van der Waals surface area contributed by atoms with E-state index in [-0.39, 0.29) is 11.4 Å². The predicted molar refractivity (Wildman–Crippen MR) is 76.8 cm³/mol. The van der Waals surface area contributed by atoms with Gasteiger partial charge in [-0.15, -0.1) is 0 Å². The molecule has 0 saturated heterocycles. The Morgan fingerprint density at radius 1 is 1.05 bits per heavy atom. The fourth-order valence-electron chi connectivity index (χ4n) is 1.99. The van der Waals surface area contributed by atoms with Crippen molar-refractivity contribution in [2.45, 2.75) is 0 Å². The Labute approximate surface area is 118 Å². The first kappa shape index (κ1) is 13.1. The van der Waals surface area contributed by atoms with E-state index >= 15 is 0 Å². The minimum atomic E-state index is -0.678. The third-order valence-corrected chi connectivity index (χ3v) is 3.02. The van der Waals surface area contributed by atoms with E-state index in [4.69, 9.17) is 4.42 Å². The van der Waals surface area contributed by atoms with Gasteiger partial charge in [0.25, 0.3) is 5.91 Å². The zero-order valence-electron chi connectivity index (χ0n) is 10.8. The number of rotatable bonds is 2. The van der Waals surface area contributed by atoms with Crippen LogP contribution in [-0.2, 0) is 0 Å². The number of halogens is 1. The zero-order chi connectivity index (χ0) is 14.8. The summed E-state index contributed by atoms with van der Waals surface area (Å²) in [5.74, 6) is -1.40. The van der Waals surface area contributed by atoms with Gasteiger partial charge in [0.15, 0.2) is 5.76 Å². The molecule has 0 aliphatic heterocycles. The van der Waals surface area contributed by atoms with E-state index < -0.39 is 17.3 Å². The Balaban J connectivity index is 1.99. The lowest BCUT2D eigenvalue weighted by atomic mass is 10.1. The van der Waals surface area contributed by atoms with Crippen LogP contribution < -0.4 is 10.9 Å². The molecular formula is C16H10FNO3. The summed E-state index contributed by atoms with van der Waals surface area (Å²) in [5.41, 5.74) is -0.579. The molecule has 2 aromatic carbocycles. The van der Waals surface area contributed by atoms with Gasteiger partial charge >= 0.3 is 5.63 Å². The van der Waals surface area contributed by atoms with Crippen LogP contribution in [0.1, 0.15) is 10.6 Å². The minimum absolute atomic E-state index is 0.0262. The Hall–Kier alpha value is -2.95. The largest absolute Gasteiger partial charge is 0.417 e. The molecule has 104 valence electrons. The van der Waals surface area contributed by atoms with E-state index in [2.05, 4.69) is 5.32 Å². The molecule has 0 aliphatic rings. The summed E-state index contributed by atoms with van der Waals surface area (Å²) in [6, 6.07) is 14.0. The molecule has 0 bridgehead atoms. The second kappa shape index (κ2) is 5.20. The lowest BCUT2D eigenvalue weighted by Crippen LogP contribution is -2.15. The monoisotopic (exact) mass is 283 g/mol. The molecule has 0 radical (unpaired) electrons. The van der Waals surface area contributed by atoms with Gasteiger partial charge in [-0.05, 0) is 29.7 Å². The Bertz CT molecular complexity index is 886. The quantitative estimate of drug-likeness (QED) is 0.785. The fraction of sp³-hybridized carbons (Fsp3) is 0. The SMILES string of the molecule is O=C(Nc1ccccc1F)c1cc2ccccc2c(=O)o1. The number of anilines is 1. The molecule has 0 spiro atoms. The van der Waals surface area contributed by atoms with Crippen molar-refractivity contribution in [3.8, 4) is 0 Å². The molecule has 0 saturated carbocycles. The van der Waals surface area contributed by atoms with Crippen LogP contribution in [0, 0.1) is 5.82 Å². The lowest BCUT2D eigenvalue weighted by molar-refractivity contribution is 0.0992. The van der Waals surface area contributed by atoms with Crippen molar-refractivity contribution in [2.75, 3.05) is 5.32 Å². The van der Waals surface area contributed by atoms with Crippen LogP contribution in [0.15, 0.2) is 63.8 Å². The van der Waals surface area contributed by atoms with Crippen LogP contribution in [0.3, 0.4) is 0 Å². The van der Waals surface area contributed by atoms with Gasteiger partial charge in [0.05, 0.1) is 11.1 Å². The average Bonchev–Trinajstić information content (AvgIpc) is 2.49. The molecule has 3 aromatic rings. The van der Waals surface area contributed by atoms with Crippen molar-refractivity contribution >= 4 is 22.4 Å². The van der Waals surface area contributed by atoms with Gasteiger partial charge in [-0.2, -0.15) is 0 Å². The number of hydrogen-bond acceptors (Lipinski definition) is 3. The number of para-hydroxylation sites is 1. The second-order valence-corrected chi connectivity index (χ2v) is 4.42. The Morgan fingerprint density at radius 2 is 1.76 bits per heavy atom. The van der Waals surface area contributed by atoms with Gasteiger partial charge in [0.1, 0.15) is 5.82 Å². The maximum absolute atomic E-state index is 13.5. The lowest BCUT2D eigenvalue weighted by Gasteiger charge is -2.05. The van der Waals surface area contributed by atoms with Gasteiger partial charge in [0.2, 0.25) is 0 Å². The highest BCUT2D eigenvalue weighted by atomic mass is 19.1. The van der Waals surface area contributed by atoms with Gasteiger partial charge in [0, 0.05) is 0 Å². The van der Waals surface area contributed by atoms with Gasteiger partial charge < -0.3 is 9.73 Å². The highest BCUT2D eigenvalue weighted by Gasteiger charge is 2.13. The molecule has 1 aromatic heterocycles. The average molecular weight is 283 g/mol. The molecule has 4 nitrogen and oxygen atoms in total. The molecule has 0 unspecified atom stereocenters. The number of hydrogen-bond donors (Lipinski definition) is 1. The minimum Gasteiger partial charge on any atom is -0.417 e. The van der Waals surface area contributed by atoms with Gasteiger partial charge in [-0.1, -0.05) is 30.3 Å². The zero-order valence-corrected chi connectivity index (χ0v) is 10.8. The molecule has 1 N–H and O–H groups in total. The molecule has 5 heteroatoms. The molecule has 0 fully saturated rings. The first-order chi connectivity index (χ1) is 10.1. The van der Waals surface area contributed by atoms with Crippen molar-refractivity contribution in [3.63, 3.8) is 0 Å². The molecule has 3 rings (SSSR count). The van der Waals surface area contributed by atoms with E-state index in [9.17, 15) is 14.0 Å². The van der Waals surface area contributed by atoms with E-state index in [0.717, 1.165) is 0 Å². The van der Waals surface area contributed by atoms with E-state index in [1.54, 1.807) is 30.3 Å². The molecule has 1 heterocycles. The number of nitrogens with one attached hydrogen (secondary N) is 1. The molecule has 1 amide bonds. The summed E-state index contributed by atoms with van der Waals surface area (Å²) in [4.78, 5) is 23.9. The highest BCUT2D eigenvalue weighted by Crippen LogP contribution is 2.16. The van der Waals surface area contributed by atoms with Crippen LogP contribution in [0.5, 0.6) is 0 Å². The van der Waals surface area contributed by atoms with Crippen molar-refractivity contribution < 1.29 is 13.6 Å². The maximum Gasteiger partial charge on any atom is 0.344 e. The summed E-state index contributed by atoms with van der Waals surface area (Å²) in [5, 5.41) is 3.35. The summed E-state index contributed by atoms with van der Waals surface area (Å²) in [7, 11) is 0. The third-order valence-electron chi connectivity index (χ3n) is 3.02. The first-order valence-corrected chi connectivity index (χ1v) is 6.24. The molecule has 0 aliphatic carbocycles. The topological polar surface area (TPSA) is 59.3 Å². The Kier molecular flexibility index (Phi) is 3.23. The first-order valence-electron chi connectivity index (χ1n) is 6.24. The maximum atomic E-state index is 13.5. The van der Waals surface area contributed by atoms with Crippen molar-refractivity contribution in [2.24, 2.45) is 0 Å². The predicted octanol–water partition coefficient (Wildman–Crippen LogP) is 3.18. The van der Waals surface area contributed by atoms with E-state index in [0.29, 0.717) is 10.8 Å². The van der Waals surface area contributed by atoms with Crippen molar-refractivity contribution in [3.05, 3.63) is 76.6 Å². The summed E-state index contributed by atoms with van der Waals surface area (Å²) < 4.78 is 18.5. The van der Waals surface area contributed by atoms with E-state index in [1.165, 1.54) is 24.3 Å². The summed E-state index contributed by atoms with van der Waals surface area (Å²) >= 11 is 0. The normalized spacial score (nSPS) is 10.5. The van der Waals surface area contributed by atoms with E-state index in [1.807, 2.05) is 0 Å². The van der Waals surface area contributed by atoms with Crippen molar-refractivity contribution in [1.29, 1.82) is 0 Å². The number of fused-ring (bicyclic) bond motifs is 1. The van der Waals surface area contributed by atoms with Crippen LogP contribution in [0.4, 0.5) is 10.1 Å². The molecule has 0 atom stereocenters. The molecule has 21 heavy (non-hydrogen) atoms. The second-order valence-electron chi connectivity index (χ2n) is 4.42. The Morgan fingerprint density at radius 3 is 2.57 bits per heavy atom. The number of carbonyl (C=O) groups is 1. The summed E-state index contributed by atoms with van der Waals surface area (Å²) in [6.45, 7) is 0. The highest BCUT2D eigenvalue weighted by molar-refractivity contribution is 6.03. The number of amides is 1. The summed E-state index contributed by atoms with van der Waals surface area (Å²) in [6.07, 6.45) is 0. The van der Waals surface area contributed by atoms with Crippen molar-refractivity contribution in [1.82, 2.24) is 0 Å². The number of carbonyl (C=O) groups excluding carboxylic acids is 1. The fourth-order valence-corrected chi connectivity index (χ4v) is 1.99.